The number of rotatable bonds is 68. The van der Waals surface area contributed by atoms with Crippen LogP contribution in [0.4, 0.5) is 0 Å². The highest BCUT2D eigenvalue weighted by atomic mass is 16.7. The number of amides is 1. The molecule has 1 fully saturated rings. The standard InChI is InChI=1S/C76H147NO8/c1-3-5-7-9-11-13-15-17-19-21-23-25-27-29-31-33-34-35-36-38-39-41-43-45-47-49-51-53-55-57-59-61-63-65-70(79)69(68-84-76-75(83)74(82)73(81)71(67-78)85-76)77-72(80)66-64-62-60-58-56-54-52-50-48-46-44-42-40-37-32-30-28-26-24-22-20-18-16-14-12-10-8-6-4-2/h22,24,63,65,69-71,73-76,78-79,81-83H,3-21,23,25-62,64,66-68H2,1-2H3,(H,77,80)/b24-22-,65-63+. The summed E-state index contributed by atoms with van der Waals surface area (Å²) in [6.45, 7) is 3.85. The highest BCUT2D eigenvalue weighted by molar-refractivity contribution is 5.76. The molecule has 1 saturated heterocycles. The van der Waals surface area contributed by atoms with E-state index in [2.05, 4.69) is 31.3 Å². The first-order valence-corrected chi connectivity index (χ1v) is 38.1. The summed E-state index contributed by atoms with van der Waals surface area (Å²) in [6, 6.07) is -0.805. The smallest absolute Gasteiger partial charge is 0.220 e. The van der Waals surface area contributed by atoms with E-state index in [-0.39, 0.29) is 12.5 Å². The maximum Gasteiger partial charge on any atom is 0.220 e. The second-order valence-electron chi connectivity index (χ2n) is 26.8. The Morgan fingerprint density at radius 2 is 0.659 bits per heavy atom. The Bertz CT molecular complexity index is 1390. The molecule has 7 atom stereocenters. The minimum atomic E-state index is -1.57. The van der Waals surface area contributed by atoms with E-state index in [0.29, 0.717) is 6.42 Å². The van der Waals surface area contributed by atoms with Crippen molar-refractivity contribution in [1.82, 2.24) is 5.32 Å². The molecule has 6 N–H and O–H groups in total. The van der Waals surface area contributed by atoms with Gasteiger partial charge in [-0.1, -0.05) is 372 Å². The molecule has 1 amide bonds. The highest BCUT2D eigenvalue weighted by Crippen LogP contribution is 2.24. The summed E-state index contributed by atoms with van der Waals surface area (Å²) in [5.41, 5.74) is 0. The second kappa shape index (κ2) is 65.6. The molecule has 0 aromatic heterocycles. The van der Waals surface area contributed by atoms with Crippen molar-refractivity contribution in [3.05, 3.63) is 24.3 Å². The molecule has 0 spiro atoms. The van der Waals surface area contributed by atoms with Gasteiger partial charge in [0.15, 0.2) is 6.29 Å². The zero-order valence-corrected chi connectivity index (χ0v) is 56.7. The Morgan fingerprint density at radius 3 is 0.953 bits per heavy atom. The van der Waals surface area contributed by atoms with Gasteiger partial charge < -0.3 is 40.3 Å². The molecule has 0 aromatic carbocycles. The SMILES string of the molecule is CCCCCCCCCC/C=C\CCCCCCCCCCCCCCCCCCCC(=O)NC(COC1OC(CO)C(O)C(O)C1O)C(O)/C=C/CCCCCCCCCCCCCCCCCCCCCCCCCCCCCCCCC. The minimum absolute atomic E-state index is 0.168. The maximum absolute atomic E-state index is 13.2. The van der Waals surface area contributed by atoms with Crippen molar-refractivity contribution in [3.63, 3.8) is 0 Å². The highest BCUT2D eigenvalue weighted by Gasteiger charge is 2.44. The Morgan fingerprint density at radius 1 is 0.388 bits per heavy atom. The molecular formula is C76H147NO8. The van der Waals surface area contributed by atoms with Gasteiger partial charge in [0.25, 0.3) is 0 Å². The van der Waals surface area contributed by atoms with Crippen LogP contribution in [0.2, 0.25) is 0 Å². The Hall–Kier alpha value is -1.33. The van der Waals surface area contributed by atoms with Gasteiger partial charge >= 0.3 is 0 Å². The van der Waals surface area contributed by atoms with E-state index in [1.54, 1.807) is 6.08 Å². The number of unbranched alkanes of at least 4 members (excludes halogenated alkanes) is 56. The molecule has 0 aliphatic carbocycles. The first-order valence-electron chi connectivity index (χ1n) is 38.1. The fourth-order valence-corrected chi connectivity index (χ4v) is 12.6. The first-order chi connectivity index (χ1) is 41.8. The molecule has 9 heteroatoms. The van der Waals surface area contributed by atoms with E-state index >= 15 is 0 Å². The zero-order valence-electron chi connectivity index (χ0n) is 56.7. The normalized spacial score (nSPS) is 18.1. The molecule has 0 bridgehead atoms. The van der Waals surface area contributed by atoms with Crippen molar-refractivity contribution in [2.45, 2.75) is 442 Å². The summed E-state index contributed by atoms with van der Waals surface area (Å²) in [5, 5.41) is 54.9. The average Bonchev–Trinajstić information content (AvgIpc) is 3.56. The van der Waals surface area contributed by atoms with Crippen LogP contribution in [0.5, 0.6) is 0 Å². The number of hydrogen-bond acceptors (Lipinski definition) is 8. The third-order valence-corrected chi connectivity index (χ3v) is 18.5. The van der Waals surface area contributed by atoms with E-state index < -0.39 is 49.5 Å². The molecule has 7 unspecified atom stereocenters. The molecular weight excluding hydrogens is 1050 g/mol. The van der Waals surface area contributed by atoms with Crippen LogP contribution in [0.15, 0.2) is 24.3 Å². The summed E-state index contributed by atoms with van der Waals surface area (Å²) < 4.78 is 11.3. The lowest BCUT2D eigenvalue weighted by atomic mass is 9.99. The van der Waals surface area contributed by atoms with Gasteiger partial charge in [0.2, 0.25) is 5.91 Å². The lowest BCUT2D eigenvalue weighted by Gasteiger charge is -2.40. The van der Waals surface area contributed by atoms with Gasteiger partial charge in [0.1, 0.15) is 24.4 Å². The van der Waals surface area contributed by atoms with Crippen LogP contribution >= 0.6 is 0 Å². The van der Waals surface area contributed by atoms with Crippen molar-refractivity contribution >= 4 is 5.91 Å². The Balaban J connectivity index is 2.09. The van der Waals surface area contributed by atoms with Gasteiger partial charge in [0, 0.05) is 6.42 Å². The predicted octanol–water partition coefficient (Wildman–Crippen LogP) is 21.2. The van der Waals surface area contributed by atoms with Gasteiger partial charge in [0.05, 0.1) is 25.4 Å². The molecule has 1 aliphatic heterocycles. The third kappa shape index (κ3) is 54.2. The fraction of sp³-hybridized carbons (Fsp3) is 0.934. The number of aliphatic hydroxyl groups excluding tert-OH is 5. The summed E-state index contributed by atoms with van der Waals surface area (Å²) in [7, 11) is 0. The largest absolute Gasteiger partial charge is 0.394 e. The second-order valence-corrected chi connectivity index (χ2v) is 26.8. The number of carbonyl (C=O) groups excluding carboxylic acids is 1. The molecule has 0 aromatic rings. The van der Waals surface area contributed by atoms with Crippen LogP contribution in [0.1, 0.15) is 399 Å². The molecule has 504 valence electrons. The number of ether oxygens (including phenoxy) is 2. The van der Waals surface area contributed by atoms with Gasteiger partial charge in [-0.25, -0.2) is 0 Å². The Labute approximate surface area is 528 Å². The molecule has 85 heavy (non-hydrogen) atoms. The molecule has 0 radical (unpaired) electrons. The number of hydrogen-bond donors (Lipinski definition) is 6. The molecule has 1 heterocycles. The molecule has 1 aliphatic rings. The van der Waals surface area contributed by atoms with Crippen molar-refractivity contribution in [2.24, 2.45) is 0 Å². The number of allylic oxidation sites excluding steroid dienone is 3. The van der Waals surface area contributed by atoms with Crippen molar-refractivity contribution < 1.29 is 39.8 Å². The summed E-state index contributed by atoms with van der Waals surface area (Å²) in [5.74, 6) is -0.168. The van der Waals surface area contributed by atoms with Gasteiger partial charge in [-0.05, 0) is 44.9 Å². The Kier molecular flexibility index (Phi) is 63.1. The predicted molar refractivity (Wildman–Crippen MR) is 364 cm³/mol. The molecule has 9 nitrogen and oxygen atoms in total. The minimum Gasteiger partial charge on any atom is -0.394 e. The van der Waals surface area contributed by atoms with Gasteiger partial charge in [-0.2, -0.15) is 0 Å². The van der Waals surface area contributed by atoms with E-state index in [9.17, 15) is 30.3 Å². The molecule has 1 rings (SSSR count). The maximum atomic E-state index is 13.2. The number of aliphatic hydroxyl groups is 5. The van der Waals surface area contributed by atoms with Crippen LogP contribution in [-0.4, -0.2) is 87.5 Å². The van der Waals surface area contributed by atoms with Crippen molar-refractivity contribution in [2.75, 3.05) is 13.2 Å². The quantitative estimate of drug-likeness (QED) is 0.0261. The first kappa shape index (κ1) is 81.7. The summed E-state index contributed by atoms with van der Waals surface area (Å²) in [4.78, 5) is 13.2. The van der Waals surface area contributed by atoms with Crippen molar-refractivity contribution in [3.8, 4) is 0 Å². The van der Waals surface area contributed by atoms with E-state index in [4.69, 9.17) is 9.47 Å². The van der Waals surface area contributed by atoms with Crippen LogP contribution in [0.25, 0.3) is 0 Å². The van der Waals surface area contributed by atoms with E-state index in [1.165, 1.54) is 340 Å². The summed E-state index contributed by atoms with van der Waals surface area (Å²) >= 11 is 0. The zero-order chi connectivity index (χ0) is 61.4. The summed E-state index contributed by atoms with van der Waals surface area (Å²) in [6.07, 6.45) is 80.3. The molecule has 0 saturated carbocycles. The van der Waals surface area contributed by atoms with E-state index in [1.807, 2.05) is 6.08 Å². The fourth-order valence-electron chi connectivity index (χ4n) is 12.6. The van der Waals surface area contributed by atoms with Crippen LogP contribution in [0.3, 0.4) is 0 Å². The lowest BCUT2D eigenvalue weighted by molar-refractivity contribution is -0.302. The van der Waals surface area contributed by atoms with E-state index in [0.717, 1.165) is 38.5 Å². The number of nitrogens with one attached hydrogen (secondary N) is 1. The van der Waals surface area contributed by atoms with Crippen LogP contribution in [-0.2, 0) is 14.3 Å². The van der Waals surface area contributed by atoms with Crippen LogP contribution in [0, 0.1) is 0 Å². The topological polar surface area (TPSA) is 149 Å². The average molecular weight is 1200 g/mol. The van der Waals surface area contributed by atoms with Gasteiger partial charge in [-0.15, -0.1) is 0 Å². The third-order valence-electron chi connectivity index (χ3n) is 18.5. The van der Waals surface area contributed by atoms with Crippen LogP contribution < -0.4 is 5.32 Å². The van der Waals surface area contributed by atoms with Gasteiger partial charge in [-0.3, -0.25) is 4.79 Å². The number of carbonyl (C=O) groups is 1. The monoisotopic (exact) mass is 1200 g/mol. The van der Waals surface area contributed by atoms with Crippen molar-refractivity contribution in [1.29, 1.82) is 0 Å². The lowest BCUT2D eigenvalue weighted by Crippen LogP contribution is -2.60.